The highest BCUT2D eigenvalue weighted by Crippen LogP contribution is 2.16. The van der Waals surface area contributed by atoms with Crippen LogP contribution in [0.5, 0.6) is 0 Å². The third kappa shape index (κ3) is 3.64. The van der Waals surface area contributed by atoms with E-state index in [9.17, 15) is 0 Å². The summed E-state index contributed by atoms with van der Waals surface area (Å²) in [7, 11) is 0. The summed E-state index contributed by atoms with van der Waals surface area (Å²) in [5.74, 6) is 7.78. The van der Waals surface area contributed by atoms with Gasteiger partial charge in [-0.2, -0.15) is 0 Å². The molecule has 6 heteroatoms. The average Bonchev–Trinajstić information content (AvgIpc) is 2.46. The van der Waals surface area contributed by atoms with Gasteiger partial charge in [0.15, 0.2) is 0 Å². The molecule has 0 amide bonds. The summed E-state index contributed by atoms with van der Waals surface area (Å²) < 4.78 is 0. The summed E-state index contributed by atoms with van der Waals surface area (Å²) in [6.45, 7) is 6.72. The maximum atomic E-state index is 5.43. The van der Waals surface area contributed by atoms with E-state index >= 15 is 0 Å². The van der Waals surface area contributed by atoms with Crippen molar-refractivity contribution in [3.63, 3.8) is 0 Å². The van der Waals surface area contributed by atoms with E-state index in [1.165, 1.54) is 0 Å². The molecule has 0 saturated heterocycles. The Morgan fingerprint density at radius 3 is 2.55 bits per heavy atom. The molecule has 2 aromatic rings. The van der Waals surface area contributed by atoms with Crippen LogP contribution in [0, 0.1) is 6.92 Å². The van der Waals surface area contributed by atoms with E-state index < -0.39 is 0 Å². The van der Waals surface area contributed by atoms with E-state index in [1.54, 1.807) is 6.07 Å². The van der Waals surface area contributed by atoms with Crippen LogP contribution in [0.2, 0.25) is 0 Å². The lowest BCUT2D eigenvalue weighted by Gasteiger charge is -2.11. The van der Waals surface area contributed by atoms with E-state index in [4.69, 9.17) is 5.84 Å². The predicted molar refractivity (Wildman–Crippen MR) is 80.2 cm³/mol. The van der Waals surface area contributed by atoms with Crippen LogP contribution in [0.3, 0.4) is 0 Å². The minimum Gasteiger partial charge on any atom is -0.366 e. The monoisotopic (exact) mass is 272 g/mol. The summed E-state index contributed by atoms with van der Waals surface area (Å²) >= 11 is 0. The second-order valence-corrected chi connectivity index (χ2v) is 4.96. The van der Waals surface area contributed by atoms with E-state index in [-0.39, 0.29) is 5.92 Å². The quantitative estimate of drug-likeness (QED) is 0.571. The zero-order valence-corrected chi connectivity index (χ0v) is 12.0. The molecule has 4 N–H and O–H groups in total. The van der Waals surface area contributed by atoms with E-state index in [0.29, 0.717) is 12.4 Å². The second kappa shape index (κ2) is 6.29. The van der Waals surface area contributed by atoms with Gasteiger partial charge in [-0.25, -0.2) is 15.8 Å². The molecule has 6 nitrogen and oxygen atoms in total. The number of hydrogen-bond donors (Lipinski definition) is 3. The molecule has 0 aliphatic carbocycles. The maximum Gasteiger partial charge on any atom is 0.145 e. The lowest BCUT2D eigenvalue weighted by Crippen LogP contribution is -2.13. The van der Waals surface area contributed by atoms with E-state index in [2.05, 4.69) is 25.7 Å². The Kier molecular flexibility index (Phi) is 4.47. The Morgan fingerprint density at radius 1 is 1.20 bits per heavy atom. The molecule has 2 aromatic heterocycles. The summed E-state index contributed by atoms with van der Waals surface area (Å²) in [4.78, 5) is 13.1. The molecule has 0 aromatic carbocycles. The van der Waals surface area contributed by atoms with Crippen LogP contribution in [-0.2, 0) is 6.54 Å². The SMILES string of the molecule is Cc1ccc(CNc2cc(NN)nc(C(C)C)n2)cn1. The van der Waals surface area contributed by atoms with Crippen LogP contribution >= 0.6 is 0 Å². The molecule has 0 bridgehead atoms. The number of nitrogens with two attached hydrogens (primary N) is 1. The standard InChI is InChI=1S/C14H20N6/c1-9(2)14-18-12(6-13(19-14)20-15)17-8-11-5-4-10(3)16-7-11/h4-7,9H,8,15H2,1-3H3,(H2,17,18,19,20). The molecule has 0 saturated carbocycles. The smallest absolute Gasteiger partial charge is 0.145 e. The molecular formula is C14H20N6. The average molecular weight is 272 g/mol. The molecule has 0 aliphatic rings. The molecule has 106 valence electrons. The number of rotatable bonds is 5. The predicted octanol–water partition coefficient (Wildman–Crippen LogP) is 2.20. The van der Waals surface area contributed by atoms with Crippen molar-refractivity contribution < 1.29 is 0 Å². The van der Waals surface area contributed by atoms with Crippen LogP contribution in [0.15, 0.2) is 24.4 Å². The van der Waals surface area contributed by atoms with Gasteiger partial charge in [0.25, 0.3) is 0 Å². The molecule has 0 radical (unpaired) electrons. The zero-order chi connectivity index (χ0) is 14.5. The van der Waals surface area contributed by atoms with Crippen molar-refractivity contribution in [3.05, 3.63) is 41.5 Å². The Hall–Kier alpha value is -2.21. The van der Waals surface area contributed by atoms with Crippen LogP contribution in [0.4, 0.5) is 11.6 Å². The van der Waals surface area contributed by atoms with Gasteiger partial charge < -0.3 is 10.7 Å². The van der Waals surface area contributed by atoms with Crippen molar-refractivity contribution in [1.82, 2.24) is 15.0 Å². The fourth-order valence-electron chi connectivity index (χ4n) is 1.68. The normalized spacial score (nSPS) is 10.7. The first-order chi connectivity index (χ1) is 9.58. The minimum absolute atomic E-state index is 0.241. The maximum absolute atomic E-state index is 5.43. The molecule has 2 heterocycles. The third-order valence-electron chi connectivity index (χ3n) is 2.85. The van der Waals surface area contributed by atoms with Crippen molar-refractivity contribution in [2.75, 3.05) is 10.7 Å². The summed E-state index contributed by atoms with van der Waals surface area (Å²) in [5, 5.41) is 3.26. The highest BCUT2D eigenvalue weighted by molar-refractivity contribution is 5.47. The first-order valence-electron chi connectivity index (χ1n) is 6.59. The first kappa shape index (κ1) is 14.2. The van der Waals surface area contributed by atoms with Gasteiger partial charge >= 0.3 is 0 Å². The number of hydrazine groups is 1. The van der Waals surface area contributed by atoms with Crippen molar-refractivity contribution in [3.8, 4) is 0 Å². The Bertz CT molecular complexity index is 564. The number of nitrogens with one attached hydrogen (secondary N) is 2. The molecule has 0 fully saturated rings. The Morgan fingerprint density at radius 2 is 1.95 bits per heavy atom. The number of aryl methyl sites for hydroxylation is 1. The van der Waals surface area contributed by atoms with E-state index in [0.717, 1.165) is 22.9 Å². The second-order valence-electron chi connectivity index (χ2n) is 4.96. The molecule has 2 rings (SSSR count). The highest BCUT2D eigenvalue weighted by Gasteiger charge is 2.07. The number of aromatic nitrogens is 3. The lowest BCUT2D eigenvalue weighted by molar-refractivity contribution is 0.775. The molecule has 0 unspecified atom stereocenters. The highest BCUT2D eigenvalue weighted by atomic mass is 15.3. The first-order valence-corrected chi connectivity index (χ1v) is 6.59. The zero-order valence-electron chi connectivity index (χ0n) is 12.0. The molecule has 0 aliphatic heterocycles. The number of nitrogens with zero attached hydrogens (tertiary/aromatic N) is 3. The number of pyridine rings is 1. The summed E-state index contributed by atoms with van der Waals surface area (Å²) in [6.07, 6.45) is 1.86. The molecule has 20 heavy (non-hydrogen) atoms. The van der Waals surface area contributed by atoms with Gasteiger partial charge in [-0.3, -0.25) is 4.98 Å². The Balaban J connectivity index is 2.12. The number of hydrogen-bond acceptors (Lipinski definition) is 6. The van der Waals surface area contributed by atoms with Crippen molar-refractivity contribution in [2.45, 2.75) is 33.2 Å². The van der Waals surface area contributed by atoms with Gasteiger partial charge in [-0.1, -0.05) is 19.9 Å². The van der Waals surface area contributed by atoms with E-state index in [1.807, 2.05) is 39.1 Å². The molecule has 0 spiro atoms. The molecule has 0 atom stereocenters. The fourth-order valence-corrected chi connectivity index (χ4v) is 1.68. The third-order valence-corrected chi connectivity index (χ3v) is 2.85. The van der Waals surface area contributed by atoms with Crippen LogP contribution in [0.25, 0.3) is 0 Å². The van der Waals surface area contributed by atoms with Gasteiger partial charge in [0.2, 0.25) is 0 Å². The van der Waals surface area contributed by atoms with Crippen molar-refractivity contribution >= 4 is 11.6 Å². The van der Waals surface area contributed by atoms with Crippen molar-refractivity contribution in [2.24, 2.45) is 5.84 Å². The van der Waals surface area contributed by atoms with Crippen LogP contribution in [0.1, 0.15) is 36.8 Å². The van der Waals surface area contributed by atoms with Gasteiger partial charge in [0.05, 0.1) is 0 Å². The van der Waals surface area contributed by atoms with Gasteiger partial charge in [0.1, 0.15) is 17.5 Å². The largest absolute Gasteiger partial charge is 0.366 e. The minimum atomic E-state index is 0.241. The fraction of sp³-hybridized carbons (Fsp3) is 0.357. The molecular weight excluding hydrogens is 252 g/mol. The lowest BCUT2D eigenvalue weighted by atomic mass is 10.2. The summed E-state index contributed by atoms with van der Waals surface area (Å²) in [6, 6.07) is 5.82. The van der Waals surface area contributed by atoms with Gasteiger partial charge in [-0.05, 0) is 18.6 Å². The number of nitrogen functional groups attached to an aromatic ring is 1. The van der Waals surface area contributed by atoms with Crippen LogP contribution < -0.4 is 16.6 Å². The van der Waals surface area contributed by atoms with Gasteiger partial charge in [0, 0.05) is 30.4 Å². The Labute approximate surface area is 118 Å². The topological polar surface area (TPSA) is 88.8 Å². The number of anilines is 2. The van der Waals surface area contributed by atoms with Crippen molar-refractivity contribution in [1.29, 1.82) is 0 Å². The summed E-state index contributed by atoms with van der Waals surface area (Å²) in [5.41, 5.74) is 4.67. The van der Waals surface area contributed by atoms with Gasteiger partial charge in [-0.15, -0.1) is 0 Å². The van der Waals surface area contributed by atoms with Crippen LogP contribution in [-0.4, -0.2) is 15.0 Å².